The van der Waals surface area contributed by atoms with E-state index in [1.807, 2.05) is 0 Å². The van der Waals surface area contributed by atoms with Crippen LogP contribution in [-0.2, 0) is 19.6 Å². The van der Waals surface area contributed by atoms with Crippen LogP contribution >= 0.6 is 11.6 Å². The molecule has 0 radical (unpaired) electrons. The zero-order chi connectivity index (χ0) is 15.8. The van der Waals surface area contributed by atoms with Crippen molar-refractivity contribution in [2.45, 2.75) is 30.4 Å². The number of carbonyl (C=O) groups excluding carboxylic acids is 1. The molecule has 0 spiro atoms. The molecule has 21 heavy (non-hydrogen) atoms. The Hall–Kier alpha value is -1.15. The van der Waals surface area contributed by atoms with Crippen LogP contribution in [0.1, 0.15) is 12.0 Å². The highest BCUT2D eigenvalue weighted by atomic mass is 35.5. The van der Waals surface area contributed by atoms with E-state index in [9.17, 15) is 13.2 Å². The number of halogens is 1. The number of primary amides is 1. The van der Waals surface area contributed by atoms with Gasteiger partial charge in [0, 0.05) is 25.1 Å². The van der Waals surface area contributed by atoms with E-state index in [-0.39, 0.29) is 24.0 Å². The minimum atomic E-state index is -3.86. The Morgan fingerprint density at radius 1 is 1.48 bits per heavy atom. The highest BCUT2D eigenvalue weighted by Gasteiger charge is 2.43. The van der Waals surface area contributed by atoms with Gasteiger partial charge in [-0.2, -0.15) is 4.31 Å². The Balaban J connectivity index is 2.47. The van der Waals surface area contributed by atoms with Gasteiger partial charge in [-0.05, 0) is 24.6 Å². The number of aryl methyl sites for hydroxylation is 1. The lowest BCUT2D eigenvalue weighted by atomic mass is 10.2. The summed E-state index contributed by atoms with van der Waals surface area (Å²) in [6.07, 6.45) is -0.0956. The summed E-state index contributed by atoms with van der Waals surface area (Å²) in [6, 6.07) is 3.71. The molecule has 1 aromatic carbocycles. The molecule has 1 fully saturated rings. The highest BCUT2D eigenvalue weighted by molar-refractivity contribution is 7.89. The maximum Gasteiger partial charge on any atom is 0.244 e. The number of nitrogens with zero attached hydrogens (tertiary/aromatic N) is 1. The third kappa shape index (κ3) is 3.06. The van der Waals surface area contributed by atoms with E-state index in [0.29, 0.717) is 10.6 Å². The SMILES string of the molecule is CO[C@H]1C[C@@H](C(N)=O)N(S(=O)(=O)c2cc(Cl)ccc2C)C1. The smallest absolute Gasteiger partial charge is 0.244 e. The molecule has 0 unspecified atom stereocenters. The van der Waals surface area contributed by atoms with Crippen LogP contribution in [0.5, 0.6) is 0 Å². The number of rotatable bonds is 4. The second-order valence-corrected chi connectivity index (χ2v) is 7.29. The second-order valence-electron chi connectivity index (χ2n) is 5.00. The van der Waals surface area contributed by atoms with Gasteiger partial charge < -0.3 is 10.5 Å². The van der Waals surface area contributed by atoms with E-state index >= 15 is 0 Å². The lowest BCUT2D eigenvalue weighted by molar-refractivity contribution is -0.121. The fourth-order valence-corrected chi connectivity index (χ4v) is 4.57. The Morgan fingerprint density at radius 2 is 2.14 bits per heavy atom. The molecule has 1 heterocycles. The van der Waals surface area contributed by atoms with Gasteiger partial charge in [-0.3, -0.25) is 4.79 Å². The second kappa shape index (κ2) is 5.92. The highest BCUT2D eigenvalue weighted by Crippen LogP contribution is 2.30. The number of hydrogen-bond donors (Lipinski definition) is 1. The Kier molecular flexibility index (Phi) is 4.57. The molecule has 0 aromatic heterocycles. The van der Waals surface area contributed by atoms with Gasteiger partial charge in [0.2, 0.25) is 15.9 Å². The number of ether oxygens (including phenoxy) is 1. The normalized spacial score (nSPS) is 23.4. The van der Waals surface area contributed by atoms with Crippen LogP contribution in [0.2, 0.25) is 5.02 Å². The molecule has 0 bridgehead atoms. The van der Waals surface area contributed by atoms with Crippen LogP contribution in [0, 0.1) is 6.92 Å². The first-order valence-corrected chi connectivity index (χ1v) is 8.19. The number of methoxy groups -OCH3 is 1. The van der Waals surface area contributed by atoms with Crippen molar-refractivity contribution in [3.05, 3.63) is 28.8 Å². The van der Waals surface area contributed by atoms with Gasteiger partial charge in [0.1, 0.15) is 6.04 Å². The molecule has 2 atom stereocenters. The first kappa shape index (κ1) is 16.2. The number of amides is 1. The number of nitrogens with two attached hydrogens (primary N) is 1. The number of carbonyl (C=O) groups is 1. The van der Waals surface area contributed by atoms with E-state index in [0.717, 1.165) is 4.31 Å². The zero-order valence-corrected chi connectivity index (χ0v) is 13.3. The van der Waals surface area contributed by atoms with Gasteiger partial charge in [0.25, 0.3) is 0 Å². The predicted octanol–water partition coefficient (Wildman–Crippen LogP) is 0.912. The maximum absolute atomic E-state index is 12.8. The number of hydrogen-bond acceptors (Lipinski definition) is 4. The summed E-state index contributed by atoms with van der Waals surface area (Å²) in [4.78, 5) is 11.6. The Morgan fingerprint density at radius 3 is 2.71 bits per heavy atom. The molecule has 1 aliphatic rings. The number of benzene rings is 1. The maximum atomic E-state index is 12.8. The van der Waals surface area contributed by atoms with Crippen LogP contribution in [0.15, 0.2) is 23.1 Å². The van der Waals surface area contributed by atoms with Gasteiger partial charge in [0.05, 0.1) is 11.0 Å². The van der Waals surface area contributed by atoms with Gasteiger partial charge in [0.15, 0.2) is 0 Å². The summed E-state index contributed by atoms with van der Waals surface area (Å²) in [6.45, 7) is 1.77. The molecular formula is C13H17ClN2O4S. The average Bonchev–Trinajstić information content (AvgIpc) is 2.86. The first-order chi connectivity index (χ1) is 9.77. The standard InChI is InChI=1S/C13H17ClN2O4S/c1-8-3-4-9(14)5-12(8)21(18,19)16-7-10(20-2)6-11(16)13(15)17/h3-5,10-11H,6-7H2,1-2H3,(H2,15,17)/t10-,11-/m0/s1. The van der Waals surface area contributed by atoms with Crippen molar-refractivity contribution >= 4 is 27.5 Å². The summed E-state index contributed by atoms with van der Waals surface area (Å²) in [5.74, 6) is -0.683. The quantitative estimate of drug-likeness (QED) is 0.887. The molecule has 0 saturated carbocycles. The molecule has 0 aliphatic carbocycles. The number of sulfonamides is 1. The van der Waals surface area contributed by atoms with Crippen molar-refractivity contribution < 1.29 is 17.9 Å². The zero-order valence-electron chi connectivity index (χ0n) is 11.7. The van der Waals surface area contributed by atoms with Gasteiger partial charge in [-0.15, -0.1) is 0 Å². The predicted molar refractivity (Wildman–Crippen MR) is 78.5 cm³/mol. The third-order valence-electron chi connectivity index (χ3n) is 3.62. The monoisotopic (exact) mass is 332 g/mol. The summed E-state index contributed by atoms with van der Waals surface area (Å²) < 4.78 is 31.8. The molecule has 1 saturated heterocycles. The summed E-state index contributed by atoms with van der Waals surface area (Å²) in [7, 11) is -2.39. The van der Waals surface area contributed by atoms with Crippen molar-refractivity contribution in [2.24, 2.45) is 5.73 Å². The lowest BCUT2D eigenvalue weighted by Crippen LogP contribution is -2.43. The van der Waals surface area contributed by atoms with Crippen molar-refractivity contribution in [1.29, 1.82) is 0 Å². The minimum Gasteiger partial charge on any atom is -0.380 e. The molecule has 1 amide bonds. The minimum absolute atomic E-state index is 0.0815. The van der Waals surface area contributed by atoms with Crippen LogP contribution in [0.3, 0.4) is 0 Å². The fourth-order valence-electron chi connectivity index (χ4n) is 2.44. The van der Waals surface area contributed by atoms with Crippen LogP contribution < -0.4 is 5.73 Å². The summed E-state index contributed by atoms with van der Waals surface area (Å²) in [5, 5.41) is 0.317. The van der Waals surface area contributed by atoms with Crippen LogP contribution in [0.4, 0.5) is 0 Å². The summed E-state index contributed by atoms with van der Waals surface area (Å²) in [5.41, 5.74) is 5.88. The van der Waals surface area contributed by atoms with E-state index < -0.39 is 22.0 Å². The van der Waals surface area contributed by atoms with Crippen LogP contribution in [-0.4, -0.2) is 44.4 Å². The van der Waals surface area contributed by atoms with Crippen molar-refractivity contribution in [3.63, 3.8) is 0 Å². The molecule has 6 nitrogen and oxygen atoms in total. The Labute approximate surface area is 128 Å². The summed E-state index contributed by atoms with van der Waals surface area (Å²) >= 11 is 5.89. The van der Waals surface area contributed by atoms with Crippen molar-refractivity contribution in [3.8, 4) is 0 Å². The van der Waals surface area contributed by atoms with Gasteiger partial charge in [-0.1, -0.05) is 17.7 Å². The van der Waals surface area contributed by atoms with Crippen molar-refractivity contribution in [2.75, 3.05) is 13.7 Å². The van der Waals surface area contributed by atoms with E-state index in [1.54, 1.807) is 19.1 Å². The topological polar surface area (TPSA) is 89.7 Å². The Bertz CT molecular complexity index is 662. The average molecular weight is 333 g/mol. The molecular weight excluding hydrogens is 316 g/mol. The molecule has 116 valence electrons. The largest absolute Gasteiger partial charge is 0.380 e. The fraction of sp³-hybridized carbons (Fsp3) is 0.462. The molecule has 1 aliphatic heterocycles. The third-order valence-corrected chi connectivity index (χ3v) is 5.87. The van der Waals surface area contributed by atoms with Crippen molar-refractivity contribution in [1.82, 2.24) is 4.31 Å². The molecule has 2 N–H and O–H groups in total. The lowest BCUT2D eigenvalue weighted by Gasteiger charge is -2.22. The van der Waals surface area contributed by atoms with Crippen LogP contribution in [0.25, 0.3) is 0 Å². The van der Waals surface area contributed by atoms with Gasteiger partial charge >= 0.3 is 0 Å². The van der Waals surface area contributed by atoms with E-state index in [2.05, 4.69) is 0 Å². The molecule has 1 aromatic rings. The van der Waals surface area contributed by atoms with E-state index in [1.165, 1.54) is 13.2 Å². The molecule has 2 rings (SSSR count). The first-order valence-electron chi connectivity index (χ1n) is 6.37. The van der Waals surface area contributed by atoms with Gasteiger partial charge in [-0.25, -0.2) is 8.42 Å². The molecule has 8 heteroatoms. The van der Waals surface area contributed by atoms with E-state index in [4.69, 9.17) is 22.1 Å².